The summed E-state index contributed by atoms with van der Waals surface area (Å²) in [5, 5.41) is 4.49. The third-order valence-electron chi connectivity index (χ3n) is 4.22. The van der Waals surface area contributed by atoms with Gasteiger partial charge in [-0.2, -0.15) is 4.31 Å². The monoisotopic (exact) mass is 463 g/mol. The second kappa shape index (κ2) is 9.19. The summed E-state index contributed by atoms with van der Waals surface area (Å²) in [6.07, 6.45) is -2.52. The summed E-state index contributed by atoms with van der Waals surface area (Å²) < 4.78 is 67.1. The quantitative estimate of drug-likeness (QED) is 0.605. The Hall–Kier alpha value is -2.37. The second-order valence-electron chi connectivity index (χ2n) is 6.29. The molecule has 3 rings (SSSR count). The normalized spacial score (nSPS) is 15.7. The fourth-order valence-electron chi connectivity index (χ4n) is 2.75. The first-order valence-electron chi connectivity index (χ1n) is 8.78. The van der Waals surface area contributed by atoms with Gasteiger partial charge < -0.3 is 9.57 Å². The van der Waals surface area contributed by atoms with E-state index in [1.165, 1.54) is 4.31 Å². The van der Waals surface area contributed by atoms with Crippen LogP contribution < -0.4 is 4.74 Å². The molecule has 1 aliphatic rings. The molecular formula is C18H17ClF3N3O4S. The summed E-state index contributed by atoms with van der Waals surface area (Å²) in [6.45, 7) is 0.447. The van der Waals surface area contributed by atoms with Gasteiger partial charge in [0.15, 0.2) is 6.61 Å². The molecule has 7 nitrogen and oxygen atoms in total. The molecule has 0 N–H and O–H groups in total. The van der Waals surface area contributed by atoms with Gasteiger partial charge in [0.25, 0.3) is 0 Å². The first-order valence-corrected chi connectivity index (χ1v) is 10.6. The third kappa shape index (κ3) is 5.83. The van der Waals surface area contributed by atoms with Gasteiger partial charge in [-0.3, -0.25) is 4.98 Å². The fraction of sp³-hybridized carbons (Fsp3) is 0.333. The zero-order chi connectivity index (χ0) is 21.8. The number of hydrogen-bond donors (Lipinski definition) is 0. The number of sulfonamides is 1. The molecule has 0 atom stereocenters. The molecule has 0 spiro atoms. The van der Waals surface area contributed by atoms with Gasteiger partial charge in [0, 0.05) is 32.1 Å². The highest BCUT2D eigenvalue weighted by Gasteiger charge is 2.32. The Morgan fingerprint density at radius 1 is 1.13 bits per heavy atom. The van der Waals surface area contributed by atoms with E-state index in [9.17, 15) is 21.6 Å². The molecule has 1 aromatic heterocycles. The lowest BCUT2D eigenvalue weighted by atomic mass is 10.1. The number of hydrogen-bond acceptors (Lipinski definition) is 6. The first-order chi connectivity index (χ1) is 14.1. The minimum Gasteiger partial charge on any atom is -0.406 e. The van der Waals surface area contributed by atoms with E-state index in [2.05, 4.69) is 14.9 Å². The van der Waals surface area contributed by atoms with Crippen LogP contribution in [0.25, 0.3) is 0 Å². The van der Waals surface area contributed by atoms with Crippen LogP contribution in [-0.4, -0.2) is 42.9 Å². The van der Waals surface area contributed by atoms with E-state index in [4.69, 9.17) is 16.4 Å². The minimum absolute atomic E-state index is 0.0948. The molecule has 1 saturated heterocycles. The van der Waals surface area contributed by atoms with Crippen molar-refractivity contribution in [2.24, 2.45) is 5.16 Å². The number of benzene rings is 1. The molecule has 0 bridgehead atoms. The Morgan fingerprint density at radius 2 is 1.80 bits per heavy atom. The number of pyridine rings is 1. The summed E-state index contributed by atoms with van der Waals surface area (Å²) in [7, 11) is -3.84. The Bertz CT molecular complexity index is 1000. The predicted molar refractivity (Wildman–Crippen MR) is 103 cm³/mol. The van der Waals surface area contributed by atoms with Crippen LogP contribution in [0.1, 0.15) is 18.5 Å². The maximum Gasteiger partial charge on any atom is 0.573 e. The Labute approximate surface area is 176 Å². The number of oxime groups is 1. The van der Waals surface area contributed by atoms with E-state index in [1.807, 2.05) is 0 Å². The lowest BCUT2D eigenvalue weighted by Gasteiger charge is -2.26. The van der Waals surface area contributed by atoms with Gasteiger partial charge in [-0.05, 0) is 36.4 Å². The summed E-state index contributed by atoms with van der Waals surface area (Å²) in [5.41, 5.74) is 1.24. The Kier molecular flexibility index (Phi) is 6.84. The summed E-state index contributed by atoms with van der Waals surface area (Å²) in [4.78, 5) is 9.23. The van der Waals surface area contributed by atoms with Crippen molar-refractivity contribution in [3.8, 4) is 5.75 Å². The first kappa shape index (κ1) is 22.3. The standard InChI is InChI=1S/C18H17ClF3N3O4S/c19-16-2-1-9-23-17(16)12-28-24-13-7-10-25(11-8-13)30(26,27)15-5-3-14(4-6-15)29-18(20,21)22/h1-6,9H,7-8,10-12H2. The van der Waals surface area contributed by atoms with Crippen LogP contribution >= 0.6 is 11.6 Å². The molecule has 0 unspecified atom stereocenters. The molecule has 2 aromatic rings. The highest BCUT2D eigenvalue weighted by molar-refractivity contribution is 7.89. The number of alkyl halides is 3. The van der Waals surface area contributed by atoms with Crippen LogP contribution in [0.3, 0.4) is 0 Å². The van der Waals surface area contributed by atoms with E-state index in [-0.39, 0.29) is 24.6 Å². The average molecular weight is 464 g/mol. The molecule has 2 heterocycles. The van der Waals surface area contributed by atoms with Crippen LogP contribution in [0.4, 0.5) is 13.2 Å². The van der Waals surface area contributed by atoms with Crippen molar-refractivity contribution < 1.29 is 31.2 Å². The van der Waals surface area contributed by atoms with E-state index in [0.717, 1.165) is 24.3 Å². The number of piperidine rings is 1. The van der Waals surface area contributed by atoms with Crippen molar-refractivity contribution in [2.75, 3.05) is 13.1 Å². The smallest absolute Gasteiger partial charge is 0.406 e. The van der Waals surface area contributed by atoms with Gasteiger partial charge in [-0.15, -0.1) is 13.2 Å². The topological polar surface area (TPSA) is 81.1 Å². The zero-order valence-corrected chi connectivity index (χ0v) is 17.0. The van der Waals surface area contributed by atoms with Crippen LogP contribution in [-0.2, 0) is 21.5 Å². The molecule has 1 aliphatic heterocycles. The van der Waals surface area contributed by atoms with Gasteiger partial charge in [-0.1, -0.05) is 16.8 Å². The Balaban J connectivity index is 1.56. The minimum atomic E-state index is -4.84. The van der Waals surface area contributed by atoms with E-state index < -0.39 is 22.1 Å². The highest BCUT2D eigenvalue weighted by Crippen LogP contribution is 2.26. The van der Waals surface area contributed by atoms with E-state index >= 15 is 0 Å². The molecular weight excluding hydrogens is 447 g/mol. The van der Waals surface area contributed by atoms with Crippen LogP contribution in [0.15, 0.2) is 52.6 Å². The van der Waals surface area contributed by atoms with Gasteiger partial charge in [0.05, 0.1) is 21.3 Å². The van der Waals surface area contributed by atoms with Crippen LogP contribution in [0, 0.1) is 0 Å². The van der Waals surface area contributed by atoms with Gasteiger partial charge in [-0.25, -0.2) is 8.42 Å². The fourth-order valence-corrected chi connectivity index (χ4v) is 4.37. The second-order valence-corrected chi connectivity index (χ2v) is 8.63. The third-order valence-corrected chi connectivity index (χ3v) is 6.48. The number of aromatic nitrogens is 1. The zero-order valence-electron chi connectivity index (χ0n) is 15.5. The number of nitrogens with zero attached hydrogens (tertiary/aromatic N) is 3. The van der Waals surface area contributed by atoms with Gasteiger partial charge in [0.1, 0.15) is 5.75 Å². The predicted octanol–water partition coefficient (Wildman–Crippen LogP) is 3.99. The van der Waals surface area contributed by atoms with Crippen molar-refractivity contribution in [1.82, 2.24) is 9.29 Å². The van der Waals surface area contributed by atoms with Crippen LogP contribution in [0.2, 0.25) is 5.02 Å². The maximum absolute atomic E-state index is 12.7. The average Bonchev–Trinajstić information content (AvgIpc) is 2.69. The number of halogens is 4. The van der Waals surface area contributed by atoms with E-state index in [1.54, 1.807) is 18.3 Å². The van der Waals surface area contributed by atoms with Crippen molar-refractivity contribution >= 4 is 27.3 Å². The molecule has 0 amide bonds. The van der Waals surface area contributed by atoms with Crippen molar-refractivity contribution in [3.05, 3.63) is 53.3 Å². The molecule has 162 valence electrons. The molecule has 0 radical (unpaired) electrons. The van der Waals surface area contributed by atoms with E-state index in [0.29, 0.717) is 29.3 Å². The maximum atomic E-state index is 12.7. The van der Waals surface area contributed by atoms with Crippen molar-refractivity contribution in [1.29, 1.82) is 0 Å². The lowest BCUT2D eigenvalue weighted by Crippen LogP contribution is -2.38. The van der Waals surface area contributed by atoms with Crippen molar-refractivity contribution in [2.45, 2.75) is 30.7 Å². The lowest BCUT2D eigenvalue weighted by molar-refractivity contribution is -0.274. The summed E-state index contributed by atoms with van der Waals surface area (Å²) in [6, 6.07) is 7.48. The van der Waals surface area contributed by atoms with Crippen LogP contribution in [0.5, 0.6) is 5.75 Å². The van der Waals surface area contributed by atoms with Crippen molar-refractivity contribution in [3.63, 3.8) is 0 Å². The van der Waals surface area contributed by atoms with Gasteiger partial charge >= 0.3 is 6.36 Å². The SMILES string of the molecule is O=S(=O)(c1ccc(OC(F)(F)F)cc1)N1CCC(=NOCc2ncccc2Cl)CC1. The molecule has 12 heteroatoms. The molecule has 30 heavy (non-hydrogen) atoms. The molecule has 0 aliphatic carbocycles. The molecule has 0 saturated carbocycles. The summed E-state index contributed by atoms with van der Waals surface area (Å²) >= 11 is 5.99. The summed E-state index contributed by atoms with van der Waals surface area (Å²) in [5.74, 6) is -0.486. The number of rotatable bonds is 6. The Morgan fingerprint density at radius 3 is 2.40 bits per heavy atom. The molecule has 1 fully saturated rings. The highest BCUT2D eigenvalue weighted by atomic mass is 35.5. The number of ether oxygens (including phenoxy) is 1. The molecule has 1 aromatic carbocycles. The van der Waals surface area contributed by atoms with Gasteiger partial charge in [0.2, 0.25) is 10.0 Å². The largest absolute Gasteiger partial charge is 0.573 e.